The number of benzene rings is 3. The van der Waals surface area contributed by atoms with E-state index >= 15 is 0 Å². The van der Waals surface area contributed by atoms with Gasteiger partial charge in [-0.25, -0.2) is 9.37 Å². The first-order valence-corrected chi connectivity index (χ1v) is 13.5. The van der Waals surface area contributed by atoms with Crippen LogP contribution >= 0.6 is 22.9 Å². The van der Waals surface area contributed by atoms with Crippen LogP contribution in [0.3, 0.4) is 0 Å². The molecule has 6 nitrogen and oxygen atoms in total. The number of carbonyl (C=O) groups excluding carboxylic acids is 2. The molecule has 9 heteroatoms. The van der Waals surface area contributed by atoms with Gasteiger partial charge in [-0.15, -0.1) is 11.3 Å². The first-order chi connectivity index (χ1) is 18.5. The van der Waals surface area contributed by atoms with Gasteiger partial charge in [0.25, 0.3) is 11.8 Å². The van der Waals surface area contributed by atoms with Crippen molar-refractivity contribution in [2.24, 2.45) is 0 Å². The average Bonchev–Trinajstić information content (AvgIpc) is 3.44. The molecule has 38 heavy (non-hydrogen) atoms. The van der Waals surface area contributed by atoms with Gasteiger partial charge in [0.1, 0.15) is 17.3 Å². The van der Waals surface area contributed by atoms with E-state index < -0.39 is 0 Å². The maximum Gasteiger partial charge on any atom is 0.275 e. The molecule has 2 heterocycles. The van der Waals surface area contributed by atoms with Crippen LogP contribution in [0.1, 0.15) is 34.3 Å². The second-order valence-corrected chi connectivity index (χ2v) is 10.3. The molecule has 0 saturated carbocycles. The first-order valence-electron chi connectivity index (χ1n) is 12.2. The van der Waals surface area contributed by atoms with Gasteiger partial charge in [0.15, 0.2) is 6.61 Å². The normalized spacial score (nSPS) is 13.8. The average molecular weight is 550 g/mol. The number of likely N-dealkylation sites (tertiary alicyclic amines) is 1. The van der Waals surface area contributed by atoms with Crippen molar-refractivity contribution in [3.63, 3.8) is 0 Å². The number of hydrogen-bond acceptors (Lipinski definition) is 5. The largest absolute Gasteiger partial charge is 0.484 e. The number of para-hydroxylation sites is 1. The fourth-order valence-corrected chi connectivity index (χ4v) is 5.48. The standard InChI is InChI=1S/C29H25ClFN3O3S/c30-21-7-5-19(6-8-21)24-3-1-2-4-25(24)32-28(36)26-18-38-29(33-26)20-13-15-34(16-14-20)27(35)17-37-23-11-9-22(31)10-12-23/h1-12,18,20H,13-17H2,(H,32,36). The minimum Gasteiger partial charge on any atom is -0.484 e. The smallest absolute Gasteiger partial charge is 0.275 e. The zero-order valence-corrected chi connectivity index (χ0v) is 22.0. The molecule has 5 rings (SSSR count). The van der Waals surface area contributed by atoms with Gasteiger partial charge >= 0.3 is 0 Å². The lowest BCUT2D eigenvalue weighted by Crippen LogP contribution is -2.40. The fraction of sp³-hybridized carbons (Fsp3) is 0.207. The maximum absolute atomic E-state index is 13.0. The Morgan fingerprint density at radius 2 is 1.74 bits per heavy atom. The van der Waals surface area contributed by atoms with Gasteiger partial charge in [-0.2, -0.15) is 0 Å². The van der Waals surface area contributed by atoms with E-state index in [-0.39, 0.29) is 30.2 Å². The van der Waals surface area contributed by atoms with Crippen molar-refractivity contribution in [1.29, 1.82) is 0 Å². The molecule has 0 spiro atoms. The van der Waals surface area contributed by atoms with Crippen molar-refractivity contribution in [2.45, 2.75) is 18.8 Å². The predicted molar refractivity (Wildman–Crippen MR) is 147 cm³/mol. The Hall–Kier alpha value is -3.75. The summed E-state index contributed by atoms with van der Waals surface area (Å²) in [6.45, 7) is 1.09. The minimum absolute atomic E-state index is 0.0879. The summed E-state index contributed by atoms with van der Waals surface area (Å²) in [5, 5.41) is 6.33. The van der Waals surface area contributed by atoms with Crippen LogP contribution in [0.2, 0.25) is 5.02 Å². The van der Waals surface area contributed by atoms with Crippen molar-refractivity contribution in [2.75, 3.05) is 25.0 Å². The van der Waals surface area contributed by atoms with Crippen molar-refractivity contribution in [1.82, 2.24) is 9.88 Å². The van der Waals surface area contributed by atoms with Crippen LogP contribution in [0, 0.1) is 5.82 Å². The summed E-state index contributed by atoms with van der Waals surface area (Å²) in [6.07, 6.45) is 1.52. The summed E-state index contributed by atoms with van der Waals surface area (Å²) in [5.74, 6) is -0.0777. The molecular weight excluding hydrogens is 525 g/mol. The molecule has 1 N–H and O–H groups in total. The Morgan fingerprint density at radius 1 is 1.03 bits per heavy atom. The fourth-order valence-electron chi connectivity index (χ4n) is 4.38. The number of anilines is 1. The highest BCUT2D eigenvalue weighted by Crippen LogP contribution is 2.32. The predicted octanol–water partition coefficient (Wildman–Crippen LogP) is 6.64. The number of nitrogens with one attached hydrogen (secondary N) is 1. The third-order valence-electron chi connectivity index (χ3n) is 6.46. The van der Waals surface area contributed by atoms with E-state index in [4.69, 9.17) is 16.3 Å². The number of aromatic nitrogens is 1. The van der Waals surface area contributed by atoms with Gasteiger partial charge in [0, 0.05) is 40.7 Å². The quantitative estimate of drug-likeness (QED) is 0.280. The molecule has 2 amide bonds. The van der Waals surface area contributed by atoms with Gasteiger partial charge < -0.3 is 15.0 Å². The SMILES string of the molecule is O=C(Nc1ccccc1-c1ccc(Cl)cc1)c1csc(C2CCN(C(=O)COc3ccc(F)cc3)CC2)n1. The molecule has 0 bridgehead atoms. The third-order valence-corrected chi connectivity index (χ3v) is 7.72. The van der Waals surface area contributed by atoms with Crippen molar-refractivity contribution in [3.8, 4) is 16.9 Å². The molecule has 1 aliphatic rings. The molecule has 3 aromatic carbocycles. The lowest BCUT2D eigenvalue weighted by Gasteiger charge is -2.31. The summed E-state index contributed by atoms with van der Waals surface area (Å²) >= 11 is 7.49. The second-order valence-electron chi connectivity index (χ2n) is 8.98. The molecule has 1 fully saturated rings. The number of ether oxygens (including phenoxy) is 1. The van der Waals surface area contributed by atoms with Gasteiger partial charge in [0.05, 0.1) is 5.01 Å². The van der Waals surface area contributed by atoms with E-state index in [9.17, 15) is 14.0 Å². The summed E-state index contributed by atoms with van der Waals surface area (Å²) in [7, 11) is 0. The van der Waals surface area contributed by atoms with E-state index in [1.54, 1.807) is 10.3 Å². The van der Waals surface area contributed by atoms with Crippen LogP contribution < -0.4 is 10.1 Å². The van der Waals surface area contributed by atoms with E-state index in [1.165, 1.54) is 35.6 Å². The number of amides is 2. The van der Waals surface area contributed by atoms with E-state index in [0.717, 1.165) is 29.0 Å². The number of piperidine rings is 1. The maximum atomic E-state index is 13.0. The molecule has 0 unspecified atom stereocenters. The summed E-state index contributed by atoms with van der Waals surface area (Å²) < 4.78 is 18.5. The van der Waals surface area contributed by atoms with Crippen molar-refractivity contribution in [3.05, 3.63) is 99.7 Å². The molecule has 4 aromatic rings. The molecule has 0 radical (unpaired) electrons. The molecule has 1 saturated heterocycles. The number of thiazole rings is 1. The minimum atomic E-state index is -0.351. The topological polar surface area (TPSA) is 71.5 Å². The Balaban J connectivity index is 1.16. The summed E-state index contributed by atoms with van der Waals surface area (Å²) in [6, 6.07) is 20.7. The molecule has 1 aliphatic heterocycles. The first kappa shape index (κ1) is 25.9. The number of rotatable bonds is 7. The van der Waals surface area contributed by atoms with Gasteiger partial charge in [-0.3, -0.25) is 9.59 Å². The molecule has 194 valence electrons. The lowest BCUT2D eigenvalue weighted by atomic mass is 9.97. The third kappa shape index (κ3) is 6.20. The Morgan fingerprint density at radius 3 is 2.47 bits per heavy atom. The summed E-state index contributed by atoms with van der Waals surface area (Å²) in [5.41, 5.74) is 2.92. The Labute approximate surface area is 229 Å². The van der Waals surface area contributed by atoms with Gasteiger partial charge in [-0.05, 0) is 60.9 Å². The van der Waals surface area contributed by atoms with Crippen molar-refractivity contribution < 1.29 is 18.7 Å². The van der Waals surface area contributed by atoms with Gasteiger partial charge in [-0.1, -0.05) is 41.9 Å². The molecule has 0 atom stereocenters. The molecule has 1 aromatic heterocycles. The number of carbonyl (C=O) groups is 2. The number of hydrogen-bond donors (Lipinski definition) is 1. The lowest BCUT2D eigenvalue weighted by molar-refractivity contribution is -0.134. The monoisotopic (exact) mass is 549 g/mol. The zero-order valence-electron chi connectivity index (χ0n) is 20.4. The van der Waals surface area contributed by atoms with Crippen LogP contribution in [0.15, 0.2) is 78.2 Å². The van der Waals surface area contributed by atoms with Crippen LogP contribution in [-0.4, -0.2) is 41.4 Å². The van der Waals surface area contributed by atoms with Crippen molar-refractivity contribution >= 4 is 40.4 Å². The number of nitrogens with zero attached hydrogens (tertiary/aromatic N) is 2. The van der Waals surface area contributed by atoms with E-state index in [0.29, 0.717) is 35.2 Å². The van der Waals surface area contributed by atoms with Crippen LogP contribution in [0.4, 0.5) is 10.1 Å². The molecular formula is C29H25ClFN3O3S. The second kappa shape index (κ2) is 11.8. The highest BCUT2D eigenvalue weighted by Gasteiger charge is 2.26. The zero-order chi connectivity index (χ0) is 26.5. The Bertz CT molecular complexity index is 1420. The van der Waals surface area contributed by atoms with E-state index in [2.05, 4.69) is 10.3 Å². The Kier molecular flexibility index (Phi) is 8.00. The van der Waals surface area contributed by atoms with Crippen LogP contribution in [-0.2, 0) is 4.79 Å². The highest BCUT2D eigenvalue weighted by atomic mass is 35.5. The van der Waals surface area contributed by atoms with Crippen LogP contribution in [0.5, 0.6) is 5.75 Å². The highest BCUT2D eigenvalue weighted by molar-refractivity contribution is 7.10. The molecule has 0 aliphatic carbocycles. The van der Waals surface area contributed by atoms with Gasteiger partial charge in [0.2, 0.25) is 0 Å². The summed E-state index contributed by atoms with van der Waals surface area (Å²) in [4.78, 5) is 32.0. The van der Waals surface area contributed by atoms with Crippen LogP contribution in [0.25, 0.3) is 11.1 Å². The number of halogens is 2. The van der Waals surface area contributed by atoms with E-state index in [1.807, 2.05) is 48.5 Å².